The first-order chi connectivity index (χ1) is 26.3. The molecule has 1 aromatic rings. The average molecular weight is 749 g/mol. The van der Waals surface area contributed by atoms with Crippen molar-refractivity contribution in [3.05, 3.63) is 54.1 Å². The smallest absolute Gasteiger partial charge is 0.335 e. The zero-order chi connectivity index (χ0) is 41.2. The average Bonchev–Trinajstić information content (AvgIpc) is 3.82. The van der Waals surface area contributed by atoms with E-state index in [1.807, 2.05) is 24.0 Å². The summed E-state index contributed by atoms with van der Waals surface area (Å²) in [4.78, 5) is 39.4. The minimum absolute atomic E-state index is 0.0171. The summed E-state index contributed by atoms with van der Waals surface area (Å²) in [6.07, 6.45) is 42.6. The fraction of sp³-hybridized carbons (Fsp3) is 0.612. The van der Waals surface area contributed by atoms with Gasteiger partial charge < -0.3 is 15.3 Å². The lowest BCUT2D eigenvalue weighted by Gasteiger charge is -2.68. The van der Waals surface area contributed by atoms with E-state index in [0.717, 1.165) is 45.2 Å². The van der Waals surface area contributed by atoms with Crippen molar-refractivity contribution in [3.63, 3.8) is 0 Å². The Morgan fingerprint density at radius 2 is 1.53 bits per heavy atom. The van der Waals surface area contributed by atoms with E-state index in [1.54, 1.807) is 18.2 Å². The Kier molecular flexibility index (Phi) is 15.7. The topological polar surface area (TPSA) is 86.7 Å². The number of rotatable bonds is 7. The second-order valence-corrected chi connectivity index (χ2v) is 17.6. The monoisotopic (exact) mass is 749 g/mol. The van der Waals surface area contributed by atoms with Gasteiger partial charge in [0.15, 0.2) is 0 Å². The van der Waals surface area contributed by atoms with Crippen molar-refractivity contribution in [2.24, 2.45) is 51.2 Å². The van der Waals surface area contributed by atoms with Crippen LogP contribution in [0.1, 0.15) is 134 Å². The summed E-state index contributed by atoms with van der Waals surface area (Å²) in [5.74, 6) is 2.85. The standard InChI is InChI=1S/C40H56N2O4.C3H6.3C2H2/c1-37(2)29(26-10-12-27(13-11-26)35(44)45)16-20-39(4)32(37)18-21-38(3)30-17-22-40(19-5-8-31(40)28(30)14-15-33(38)39)36(46)41-23-7-25-42-24-6-9-34(42)43;1-3-2;3*1-2/h10-13,16,28,30-33H,5-9,14-15,17-25H2,1-4H3,(H,41,46)(H,44,45);3H,1H2,2H3;3*1-2H/t28-,30?,31?,32?,33?,38-,39-,40-;;;;/m0..../s1. The van der Waals surface area contributed by atoms with E-state index < -0.39 is 5.97 Å². The number of hydrogen-bond donors (Lipinski definition) is 2. The van der Waals surface area contributed by atoms with Gasteiger partial charge in [-0.05, 0) is 147 Å². The van der Waals surface area contributed by atoms with Gasteiger partial charge >= 0.3 is 5.97 Å². The third kappa shape index (κ3) is 8.34. The van der Waals surface area contributed by atoms with Crippen LogP contribution in [0.3, 0.4) is 0 Å². The summed E-state index contributed by atoms with van der Waals surface area (Å²) in [5, 5.41) is 12.8. The first-order valence-corrected chi connectivity index (χ1v) is 20.5. The van der Waals surface area contributed by atoms with Crippen LogP contribution in [0, 0.1) is 89.8 Å². The minimum atomic E-state index is -0.872. The zero-order valence-electron chi connectivity index (χ0n) is 34.5. The Bertz CT molecular complexity index is 1580. The highest BCUT2D eigenvalue weighted by atomic mass is 16.4. The molecule has 6 heteroatoms. The molecule has 298 valence electrons. The lowest BCUT2D eigenvalue weighted by atomic mass is 9.36. The van der Waals surface area contributed by atoms with Gasteiger partial charge in [0.1, 0.15) is 0 Å². The second kappa shape index (κ2) is 19.1. The van der Waals surface area contributed by atoms with Crippen LogP contribution in [0.5, 0.6) is 0 Å². The summed E-state index contributed by atoms with van der Waals surface area (Å²) in [5.41, 5.74) is 3.28. The van der Waals surface area contributed by atoms with Crippen LogP contribution in [0.4, 0.5) is 0 Å². The van der Waals surface area contributed by atoms with Crippen LogP contribution >= 0.6 is 0 Å². The van der Waals surface area contributed by atoms with Gasteiger partial charge in [-0.2, -0.15) is 0 Å². The molecule has 0 bridgehead atoms. The van der Waals surface area contributed by atoms with Crippen LogP contribution in [0.2, 0.25) is 0 Å². The van der Waals surface area contributed by atoms with E-state index in [1.165, 1.54) is 56.1 Å². The number of carbonyl (C=O) groups excluding carboxylic acids is 2. The van der Waals surface area contributed by atoms with Crippen LogP contribution < -0.4 is 5.32 Å². The van der Waals surface area contributed by atoms with Crippen molar-refractivity contribution in [1.29, 1.82) is 0 Å². The maximum Gasteiger partial charge on any atom is 0.335 e. The van der Waals surface area contributed by atoms with Crippen molar-refractivity contribution in [2.75, 3.05) is 19.6 Å². The maximum absolute atomic E-state index is 14.0. The predicted octanol–water partition coefficient (Wildman–Crippen LogP) is 9.91. The molecule has 2 N–H and O–H groups in total. The molecule has 0 spiro atoms. The Labute approximate surface area is 333 Å². The van der Waals surface area contributed by atoms with E-state index in [4.69, 9.17) is 0 Å². The Morgan fingerprint density at radius 1 is 0.873 bits per heavy atom. The molecule has 5 fully saturated rings. The van der Waals surface area contributed by atoms with E-state index >= 15 is 0 Å². The van der Waals surface area contributed by atoms with Crippen molar-refractivity contribution in [3.8, 4) is 38.5 Å². The number of hydrogen-bond acceptors (Lipinski definition) is 3. The third-order valence-electron chi connectivity index (χ3n) is 15.0. The Balaban J connectivity index is 0.000000837. The van der Waals surface area contributed by atoms with Crippen LogP contribution in [-0.4, -0.2) is 47.4 Å². The Morgan fingerprint density at radius 3 is 2.13 bits per heavy atom. The molecule has 55 heavy (non-hydrogen) atoms. The number of carboxylic acid groups (broad SMARTS) is 1. The molecule has 1 heterocycles. The summed E-state index contributed by atoms with van der Waals surface area (Å²) in [6, 6.07) is 7.53. The summed E-state index contributed by atoms with van der Waals surface area (Å²) in [7, 11) is 0. The highest BCUT2D eigenvalue weighted by molar-refractivity contribution is 5.88. The van der Waals surface area contributed by atoms with Crippen molar-refractivity contribution in [2.45, 2.75) is 118 Å². The first kappa shape index (κ1) is 45.2. The van der Waals surface area contributed by atoms with Gasteiger partial charge in [-0.3, -0.25) is 9.59 Å². The number of amides is 2. The summed E-state index contributed by atoms with van der Waals surface area (Å²) < 4.78 is 0. The number of nitrogens with zero attached hydrogens (tertiary/aromatic N) is 1. The number of carbonyl (C=O) groups is 3. The normalized spacial score (nSPS) is 33.4. The largest absolute Gasteiger partial charge is 0.478 e. The second-order valence-electron chi connectivity index (χ2n) is 17.6. The number of aromatic carboxylic acids is 1. The predicted molar refractivity (Wildman–Crippen MR) is 226 cm³/mol. The summed E-state index contributed by atoms with van der Waals surface area (Å²) in [6.45, 7) is 17.7. The molecular formula is C49H68N2O4. The zero-order valence-corrected chi connectivity index (χ0v) is 34.5. The highest BCUT2D eigenvalue weighted by Crippen LogP contribution is 2.73. The van der Waals surface area contributed by atoms with E-state index in [9.17, 15) is 19.5 Å². The van der Waals surface area contributed by atoms with Crippen molar-refractivity contribution < 1.29 is 19.5 Å². The van der Waals surface area contributed by atoms with E-state index in [-0.39, 0.29) is 22.2 Å². The van der Waals surface area contributed by atoms with Crippen LogP contribution in [0.15, 0.2) is 43.0 Å². The number of allylic oxidation sites excluding steroid dienone is 3. The SMILES string of the molecule is C#C.C#C.C#C.C=CC.CC1(C)C(c2ccc(C(=O)O)cc2)=CC[C@@]2(C)C1CC[C@@]1(C)C3CC[C@@]4(C(=O)NCCCN5CCCC5=O)CCCC4[C@H]3CCC12. The van der Waals surface area contributed by atoms with E-state index in [0.29, 0.717) is 59.4 Å². The van der Waals surface area contributed by atoms with Gasteiger partial charge in [-0.15, -0.1) is 45.1 Å². The summed E-state index contributed by atoms with van der Waals surface area (Å²) >= 11 is 0. The number of fused-ring (bicyclic) bond motifs is 7. The van der Waals surface area contributed by atoms with Crippen LogP contribution in [0.25, 0.3) is 5.57 Å². The van der Waals surface area contributed by atoms with E-state index in [2.05, 4.69) is 84.2 Å². The Hall–Kier alpha value is -4.21. The van der Waals surface area contributed by atoms with Crippen LogP contribution in [-0.2, 0) is 9.59 Å². The lowest BCUT2D eigenvalue weighted by Crippen LogP contribution is -2.62. The molecular weight excluding hydrogens is 681 g/mol. The lowest BCUT2D eigenvalue weighted by molar-refractivity contribution is -0.181. The highest BCUT2D eigenvalue weighted by Gasteiger charge is 2.66. The molecule has 8 atom stereocenters. The first-order valence-electron chi connectivity index (χ1n) is 20.5. The quantitative estimate of drug-likeness (QED) is 0.165. The molecule has 7 rings (SSSR count). The molecule has 1 aromatic carbocycles. The number of terminal acetylenes is 3. The van der Waals surface area contributed by atoms with Gasteiger partial charge in [-0.1, -0.05) is 58.4 Å². The molecule has 5 aliphatic carbocycles. The molecule has 2 amide bonds. The molecule has 0 radical (unpaired) electrons. The van der Waals surface area contributed by atoms with Gasteiger partial charge in [-0.25, -0.2) is 4.79 Å². The van der Waals surface area contributed by atoms with Gasteiger partial charge in [0.2, 0.25) is 11.8 Å². The third-order valence-corrected chi connectivity index (χ3v) is 15.0. The molecule has 4 unspecified atom stereocenters. The van der Waals surface area contributed by atoms with Gasteiger partial charge in [0, 0.05) is 26.1 Å². The van der Waals surface area contributed by atoms with Gasteiger partial charge in [0.25, 0.3) is 0 Å². The molecule has 1 aliphatic heterocycles. The molecule has 6 aliphatic rings. The van der Waals surface area contributed by atoms with Gasteiger partial charge in [0.05, 0.1) is 11.0 Å². The molecule has 4 saturated carbocycles. The molecule has 6 nitrogen and oxygen atoms in total. The number of carboxylic acids is 1. The van der Waals surface area contributed by atoms with Crippen molar-refractivity contribution >= 4 is 23.4 Å². The number of likely N-dealkylation sites (tertiary alicyclic amines) is 1. The van der Waals surface area contributed by atoms with Crippen molar-refractivity contribution in [1.82, 2.24) is 10.2 Å². The fourth-order valence-electron chi connectivity index (χ4n) is 13.1. The fourth-order valence-corrected chi connectivity index (χ4v) is 13.1. The number of nitrogens with one attached hydrogen (secondary N) is 1. The molecule has 0 aromatic heterocycles. The maximum atomic E-state index is 14.0. The minimum Gasteiger partial charge on any atom is -0.478 e. The number of benzene rings is 1. The molecule has 1 saturated heterocycles.